The van der Waals surface area contributed by atoms with Crippen molar-refractivity contribution in [1.29, 1.82) is 0 Å². The molecular formula is C20H35N3O3. The highest BCUT2D eigenvalue weighted by atomic mass is 16.4. The van der Waals surface area contributed by atoms with Crippen molar-refractivity contribution in [2.75, 3.05) is 0 Å². The van der Waals surface area contributed by atoms with Gasteiger partial charge in [0, 0.05) is 19.0 Å². The van der Waals surface area contributed by atoms with Gasteiger partial charge < -0.3 is 15.4 Å². The van der Waals surface area contributed by atoms with Gasteiger partial charge in [0.1, 0.15) is 6.04 Å². The maximum Gasteiger partial charge on any atom is 0.326 e. The maximum atomic E-state index is 11.9. The second-order valence-electron chi connectivity index (χ2n) is 7.01. The fourth-order valence-corrected chi connectivity index (χ4v) is 3.03. The van der Waals surface area contributed by atoms with Crippen molar-refractivity contribution in [3.8, 4) is 0 Å². The predicted octanol–water partition coefficient (Wildman–Crippen LogP) is 4.22. The number of amides is 1. The van der Waals surface area contributed by atoms with Crippen LogP contribution in [0.2, 0.25) is 0 Å². The molecule has 0 aliphatic rings. The molecule has 1 rings (SSSR count). The number of hydrogen-bond acceptors (Lipinski definition) is 3. The Hall–Kier alpha value is -1.85. The molecule has 0 radical (unpaired) electrons. The lowest BCUT2D eigenvalue weighted by molar-refractivity contribution is -0.141. The van der Waals surface area contributed by atoms with Crippen LogP contribution in [0.1, 0.15) is 89.7 Å². The van der Waals surface area contributed by atoms with Crippen LogP contribution in [0.25, 0.3) is 0 Å². The topological polar surface area (TPSA) is 95.1 Å². The van der Waals surface area contributed by atoms with Gasteiger partial charge in [-0.3, -0.25) is 4.79 Å². The first-order chi connectivity index (χ1) is 12.6. The molecular weight excluding hydrogens is 330 g/mol. The smallest absolute Gasteiger partial charge is 0.326 e. The van der Waals surface area contributed by atoms with Crippen molar-refractivity contribution in [2.45, 2.75) is 96.4 Å². The summed E-state index contributed by atoms with van der Waals surface area (Å²) in [5, 5.41) is 11.8. The van der Waals surface area contributed by atoms with Gasteiger partial charge in [-0.1, -0.05) is 71.1 Å². The van der Waals surface area contributed by atoms with Crippen molar-refractivity contribution >= 4 is 11.9 Å². The molecule has 26 heavy (non-hydrogen) atoms. The van der Waals surface area contributed by atoms with Crippen molar-refractivity contribution < 1.29 is 14.7 Å². The SMILES string of the molecule is CCCCCCCCCCCCCC(=O)N[C@@H](Cc1c[nH]cn1)C(=O)O. The van der Waals surface area contributed by atoms with Gasteiger partial charge >= 0.3 is 5.97 Å². The minimum atomic E-state index is -1.03. The number of carboxylic acid groups (broad SMARTS) is 1. The number of unbranched alkanes of at least 4 members (excludes halogenated alkanes) is 10. The highest BCUT2D eigenvalue weighted by Crippen LogP contribution is 2.12. The average molecular weight is 366 g/mol. The number of aromatic amines is 1. The molecule has 0 aliphatic carbocycles. The Morgan fingerprint density at radius 3 is 2.12 bits per heavy atom. The Balaban J connectivity index is 2.02. The summed E-state index contributed by atoms with van der Waals surface area (Å²) in [4.78, 5) is 30.0. The maximum absolute atomic E-state index is 11.9. The largest absolute Gasteiger partial charge is 0.480 e. The summed E-state index contributed by atoms with van der Waals surface area (Å²) in [6, 6.07) is -0.918. The lowest BCUT2D eigenvalue weighted by Gasteiger charge is -2.13. The lowest BCUT2D eigenvalue weighted by Crippen LogP contribution is -2.42. The van der Waals surface area contributed by atoms with E-state index in [2.05, 4.69) is 22.2 Å². The molecule has 6 nitrogen and oxygen atoms in total. The Kier molecular flexibility index (Phi) is 12.2. The molecule has 148 valence electrons. The number of hydrogen-bond donors (Lipinski definition) is 3. The number of aromatic nitrogens is 2. The molecule has 0 fully saturated rings. The summed E-state index contributed by atoms with van der Waals surface area (Å²) in [7, 11) is 0. The van der Waals surface area contributed by atoms with Gasteiger partial charge in [0.15, 0.2) is 0 Å². The minimum absolute atomic E-state index is 0.191. The fourth-order valence-electron chi connectivity index (χ4n) is 3.03. The summed E-state index contributed by atoms with van der Waals surface area (Å²) >= 11 is 0. The van der Waals surface area contributed by atoms with Crippen LogP contribution in [0, 0.1) is 0 Å². The van der Waals surface area contributed by atoms with Crippen LogP contribution in [-0.4, -0.2) is 33.0 Å². The lowest BCUT2D eigenvalue weighted by atomic mass is 10.1. The van der Waals surface area contributed by atoms with Gasteiger partial charge in [-0.15, -0.1) is 0 Å². The van der Waals surface area contributed by atoms with Gasteiger partial charge in [-0.25, -0.2) is 9.78 Å². The van der Waals surface area contributed by atoms with E-state index in [1.165, 1.54) is 57.7 Å². The van der Waals surface area contributed by atoms with E-state index in [4.69, 9.17) is 0 Å². The number of nitrogens with zero attached hydrogens (tertiary/aromatic N) is 1. The first kappa shape index (κ1) is 22.2. The van der Waals surface area contributed by atoms with E-state index in [9.17, 15) is 14.7 Å². The second kappa shape index (κ2) is 14.3. The number of nitrogens with one attached hydrogen (secondary N) is 2. The quantitative estimate of drug-likeness (QED) is 0.382. The van der Waals surface area contributed by atoms with Gasteiger partial charge in [-0.2, -0.15) is 0 Å². The van der Waals surface area contributed by atoms with E-state index < -0.39 is 12.0 Å². The summed E-state index contributed by atoms with van der Waals surface area (Å²) in [5.74, 6) is -1.22. The van der Waals surface area contributed by atoms with E-state index in [1.54, 1.807) is 6.20 Å². The molecule has 1 aromatic rings. The third-order valence-electron chi connectivity index (χ3n) is 4.61. The number of rotatable bonds is 16. The summed E-state index contributed by atoms with van der Waals surface area (Å²) in [5.41, 5.74) is 0.632. The van der Waals surface area contributed by atoms with Crippen LogP contribution >= 0.6 is 0 Å². The zero-order valence-electron chi connectivity index (χ0n) is 16.1. The molecule has 0 saturated heterocycles. The molecule has 0 unspecified atom stereocenters. The van der Waals surface area contributed by atoms with Crippen LogP contribution in [-0.2, 0) is 16.0 Å². The molecule has 1 heterocycles. The standard InChI is InChI=1S/C20H35N3O3/c1-2-3-4-5-6-7-8-9-10-11-12-13-19(24)23-18(20(25)26)14-17-15-21-16-22-17/h15-16,18H,2-14H2,1H3,(H,21,22)(H,23,24)(H,25,26)/t18-/m0/s1. The fraction of sp³-hybridized carbons (Fsp3) is 0.750. The van der Waals surface area contributed by atoms with E-state index >= 15 is 0 Å². The van der Waals surface area contributed by atoms with Gasteiger partial charge in [0.25, 0.3) is 0 Å². The first-order valence-electron chi connectivity index (χ1n) is 10.1. The van der Waals surface area contributed by atoms with Crippen molar-refractivity contribution in [2.24, 2.45) is 0 Å². The number of carbonyl (C=O) groups excluding carboxylic acids is 1. The Morgan fingerprint density at radius 2 is 1.62 bits per heavy atom. The van der Waals surface area contributed by atoms with E-state index in [0.717, 1.165) is 19.3 Å². The normalized spacial score (nSPS) is 12.0. The van der Waals surface area contributed by atoms with Crippen molar-refractivity contribution in [3.05, 3.63) is 18.2 Å². The molecule has 0 saturated carbocycles. The Morgan fingerprint density at radius 1 is 1.04 bits per heavy atom. The van der Waals surface area contributed by atoms with Crippen LogP contribution in [0.5, 0.6) is 0 Å². The molecule has 0 aliphatic heterocycles. The van der Waals surface area contributed by atoms with Crippen LogP contribution in [0.15, 0.2) is 12.5 Å². The van der Waals surface area contributed by atoms with Gasteiger partial charge in [0.05, 0.1) is 12.0 Å². The summed E-state index contributed by atoms with van der Waals surface area (Å²) in [6.45, 7) is 2.24. The van der Waals surface area contributed by atoms with Crippen LogP contribution in [0.3, 0.4) is 0 Å². The van der Waals surface area contributed by atoms with Gasteiger partial charge in [0.2, 0.25) is 5.91 Å². The summed E-state index contributed by atoms with van der Waals surface area (Å²) in [6.07, 6.45) is 17.3. The second-order valence-corrected chi connectivity index (χ2v) is 7.01. The third-order valence-corrected chi connectivity index (χ3v) is 4.61. The number of carbonyl (C=O) groups is 2. The third kappa shape index (κ3) is 10.9. The van der Waals surface area contributed by atoms with E-state index in [-0.39, 0.29) is 12.3 Å². The van der Waals surface area contributed by atoms with Crippen LogP contribution < -0.4 is 5.32 Å². The molecule has 1 amide bonds. The zero-order valence-corrected chi connectivity index (χ0v) is 16.1. The van der Waals surface area contributed by atoms with Crippen molar-refractivity contribution in [1.82, 2.24) is 15.3 Å². The number of aliphatic carboxylic acids is 1. The van der Waals surface area contributed by atoms with Crippen LogP contribution in [0.4, 0.5) is 0 Å². The van der Waals surface area contributed by atoms with Gasteiger partial charge in [-0.05, 0) is 6.42 Å². The first-order valence-corrected chi connectivity index (χ1v) is 10.1. The molecule has 0 bridgehead atoms. The molecule has 3 N–H and O–H groups in total. The predicted molar refractivity (Wildman–Crippen MR) is 103 cm³/mol. The Bertz CT molecular complexity index is 489. The highest BCUT2D eigenvalue weighted by molar-refractivity contribution is 5.83. The van der Waals surface area contributed by atoms with E-state index in [0.29, 0.717) is 12.1 Å². The Labute approximate surface area is 157 Å². The molecule has 0 aromatic carbocycles. The average Bonchev–Trinajstić information content (AvgIpc) is 3.12. The van der Waals surface area contributed by atoms with E-state index in [1.807, 2.05) is 0 Å². The number of carboxylic acids is 1. The molecule has 6 heteroatoms. The van der Waals surface area contributed by atoms with Crippen molar-refractivity contribution in [3.63, 3.8) is 0 Å². The number of H-pyrrole nitrogens is 1. The highest BCUT2D eigenvalue weighted by Gasteiger charge is 2.20. The minimum Gasteiger partial charge on any atom is -0.480 e. The summed E-state index contributed by atoms with van der Waals surface area (Å²) < 4.78 is 0. The molecule has 0 spiro atoms. The number of imidazole rings is 1. The zero-order chi connectivity index (χ0) is 19.0. The monoisotopic (exact) mass is 365 g/mol. The molecule has 1 atom stereocenters. The molecule has 1 aromatic heterocycles.